The maximum Gasteiger partial charge on any atom is 0.255 e. The van der Waals surface area contributed by atoms with Gasteiger partial charge < -0.3 is 15.0 Å². The molecule has 5 heteroatoms. The standard InChI is InChI=1S/C24H22N2O3/c27-23(18-9-8-10-19(17-18)24(28)26-15-6-7-16-26)25-21-13-4-5-14-22(21)29-20-11-2-1-3-12-20/h1-5,8-14,17H,6-7,15-16H2,(H,25,27). The van der Waals surface area contributed by atoms with Gasteiger partial charge in [-0.3, -0.25) is 9.59 Å². The van der Waals surface area contributed by atoms with Gasteiger partial charge in [0, 0.05) is 24.2 Å². The second-order valence-electron chi connectivity index (χ2n) is 6.95. The molecule has 5 nitrogen and oxygen atoms in total. The van der Waals surface area contributed by atoms with Crippen molar-refractivity contribution in [3.05, 3.63) is 90.0 Å². The van der Waals surface area contributed by atoms with E-state index in [2.05, 4.69) is 5.32 Å². The Morgan fingerprint density at radius 2 is 1.48 bits per heavy atom. The molecule has 3 aromatic rings. The van der Waals surface area contributed by atoms with Crippen molar-refractivity contribution in [2.75, 3.05) is 18.4 Å². The summed E-state index contributed by atoms with van der Waals surface area (Å²) in [5.74, 6) is 0.930. The Labute approximate surface area is 169 Å². The molecule has 0 spiro atoms. The number of para-hydroxylation sites is 3. The fourth-order valence-corrected chi connectivity index (χ4v) is 3.37. The van der Waals surface area contributed by atoms with Crippen molar-refractivity contribution in [1.82, 2.24) is 4.90 Å². The van der Waals surface area contributed by atoms with E-state index in [1.165, 1.54) is 0 Å². The van der Waals surface area contributed by atoms with Gasteiger partial charge in [0.1, 0.15) is 5.75 Å². The minimum Gasteiger partial charge on any atom is -0.455 e. The third kappa shape index (κ3) is 4.46. The quantitative estimate of drug-likeness (QED) is 0.674. The normalized spacial score (nSPS) is 13.2. The zero-order chi connectivity index (χ0) is 20.1. The van der Waals surface area contributed by atoms with E-state index in [-0.39, 0.29) is 11.8 Å². The number of hydrogen-bond acceptors (Lipinski definition) is 3. The Bertz CT molecular complexity index is 1010. The number of likely N-dealkylation sites (tertiary alicyclic amines) is 1. The summed E-state index contributed by atoms with van der Waals surface area (Å²) >= 11 is 0. The monoisotopic (exact) mass is 386 g/mol. The first-order valence-corrected chi connectivity index (χ1v) is 9.73. The molecule has 1 N–H and O–H groups in total. The highest BCUT2D eigenvalue weighted by Gasteiger charge is 2.20. The fourth-order valence-electron chi connectivity index (χ4n) is 3.37. The largest absolute Gasteiger partial charge is 0.455 e. The van der Waals surface area contributed by atoms with Crippen molar-refractivity contribution < 1.29 is 14.3 Å². The van der Waals surface area contributed by atoms with E-state index in [1.807, 2.05) is 47.4 Å². The Morgan fingerprint density at radius 3 is 2.28 bits per heavy atom. The lowest BCUT2D eigenvalue weighted by Gasteiger charge is -2.16. The van der Waals surface area contributed by atoms with Gasteiger partial charge in [-0.1, -0.05) is 36.4 Å². The lowest BCUT2D eigenvalue weighted by Crippen LogP contribution is -2.27. The summed E-state index contributed by atoms with van der Waals surface area (Å²) in [4.78, 5) is 27.3. The zero-order valence-electron chi connectivity index (χ0n) is 16.0. The molecular weight excluding hydrogens is 364 g/mol. The van der Waals surface area contributed by atoms with Crippen molar-refractivity contribution >= 4 is 17.5 Å². The summed E-state index contributed by atoms with van der Waals surface area (Å²) in [7, 11) is 0. The highest BCUT2D eigenvalue weighted by molar-refractivity contribution is 6.06. The van der Waals surface area contributed by atoms with Crippen molar-refractivity contribution in [1.29, 1.82) is 0 Å². The number of anilines is 1. The van der Waals surface area contributed by atoms with Crippen LogP contribution >= 0.6 is 0 Å². The molecule has 0 aliphatic carbocycles. The van der Waals surface area contributed by atoms with Gasteiger partial charge in [-0.2, -0.15) is 0 Å². The summed E-state index contributed by atoms with van der Waals surface area (Å²) in [6, 6.07) is 23.5. The van der Waals surface area contributed by atoms with Crippen molar-refractivity contribution in [3.63, 3.8) is 0 Å². The highest BCUT2D eigenvalue weighted by atomic mass is 16.5. The van der Waals surface area contributed by atoms with E-state index in [1.54, 1.807) is 36.4 Å². The van der Waals surface area contributed by atoms with Crippen LogP contribution in [0.5, 0.6) is 11.5 Å². The van der Waals surface area contributed by atoms with Gasteiger partial charge in [-0.05, 0) is 55.3 Å². The fraction of sp³-hybridized carbons (Fsp3) is 0.167. The van der Waals surface area contributed by atoms with Gasteiger partial charge in [0.05, 0.1) is 5.69 Å². The summed E-state index contributed by atoms with van der Waals surface area (Å²) < 4.78 is 5.90. The smallest absolute Gasteiger partial charge is 0.255 e. The number of nitrogens with one attached hydrogen (secondary N) is 1. The van der Waals surface area contributed by atoms with E-state index in [0.29, 0.717) is 28.3 Å². The first-order chi connectivity index (χ1) is 14.2. The number of carbonyl (C=O) groups is 2. The number of carbonyl (C=O) groups excluding carboxylic acids is 2. The van der Waals surface area contributed by atoms with Gasteiger partial charge in [0.25, 0.3) is 11.8 Å². The summed E-state index contributed by atoms with van der Waals surface area (Å²) in [6.07, 6.45) is 2.06. The SMILES string of the molecule is O=C(Nc1ccccc1Oc1ccccc1)c1cccc(C(=O)N2CCCC2)c1. The topological polar surface area (TPSA) is 58.6 Å². The molecule has 1 fully saturated rings. The van der Waals surface area contributed by atoms with Crippen LogP contribution in [0, 0.1) is 0 Å². The van der Waals surface area contributed by atoms with Crippen molar-refractivity contribution in [3.8, 4) is 11.5 Å². The van der Waals surface area contributed by atoms with Crippen molar-refractivity contribution in [2.45, 2.75) is 12.8 Å². The number of ether oxygens (including phenoxy) is 1. The van der Waals surface area contributed by atoms with E-state index < -0.39 is 0 Å². The van der Waals surface area contributed by atoms with Crippen LogP contribution in [0.3, 0.4) is 0 Å². The van der Waals surface area contributed by atoms with Gasteiger partial charge in [0.15, 0.2) is 5.75 Å². The van der Waals surface area contributed by atoms with Crippen LogP contribution in [0.25, 0.3) is 0 Å². The molecule has 3 aromatic carbocycles. The van der Waals surface area contributed by atoms with Crippen LogP contribution in [-0.2, 0) is 0 Å². The average molecular weight is 386 g/mol. The predicted molar refractivity (Wildman–Crippen MR) is 112 cm³/mol. The molecule has 0 saturated carbocycles. The molecule has 1 saturated heterocycles. The van der Waals surface area contributed by atoms with E-state index in [4.69, 9.17) is 4.74 Å². The minimum atomic E-state index is -0.287. The molecule has 0 unspecified atom stereocenters. The molecule has 1 aliphatic rings. The Balaban J connectivity index is 1.51. The number of hydrogen-bond donors (Lipinski definition) is 1. The first-order valence-electron chi connectivity index (χ1n) is 9.73. The van der Waals surface area contributed by atoms with Crippen molar-refractivity contribution in [2.24, 2.45) is 0 Å². The lowest BCUT2D eigenvalue weighted by molar-refractivity contribution is 0.0793. The van der Waals surface area contributed by atoms with Crippen LogP contribution in [-0.4, -0.2) is 29.8 Å². The van der Waals surface area contributed by atoms with Crippen LogP contribution in [0.2, 0.25) is 0 Å². The average Bonchev–Trinajstić information content (AvgIpc) is 3.30. The number of nitrogens with zero attached hydrogens (tertiary/aromatic N) is 1. The molecule has 0 bridgehead atoms. The minimum absolute atomic E-state index is 0.0232. The Morgan fingerprint density at radius 1 is 0.793 bits per heavy atom. The molecule has 0 atom stereocenters. The highest BCUT2D eigenvalue weighted by Crippen LogP contribution is 2.29. The third-order valence-electron chi connectivity index (χ3n) is 4.87. The van der Waals surface area contributed by atoms with Gasteiger partial charge in [-0.25, -0.2) is 0 Å². The van der Waals surface area contributed by atoms with E-state index in [9.17, 15) is 9.59 Å². The predicted octanol–water partition coefficient (Wildman–Crippen LogP) is 4.97. The lowest BCUT2D eigenvalue weighted by atomic mass is 10.1. The summed E-state index contributed by atoms with van der Waals surface area (Å²) in [5.41, 5.74) is 1.54. The molecule has 1 heterocycles. The molecule has 1 aliphatic heterocycles. The molecule has 4 rings (SSSR count). The third-order valence-corrected chi connectivity index (χ3v) is 4.87. The van der Waals surface area contributed by atoms with Crippen LogP contribution in [0.15, 0.2) is 78.9 Å². The first kappa shape index (κ1) is 18.7. The van der Waals surface area contributed by atoms with E-state index >= 15 is 0 Å². The van der Waals surface area contributed by atoms with Gasteiger partial charge in [-0.15, -0.1) is 0 Å². The number of rotatable bonds is 5. The maximum atomic E-state index is 12.8. The molecule has 0 aromatic heterocycles. The van der Waals surface area contributed by atoms with Crippen LogP contribution in [0.1, 0.15) is 33.6 Å². The van der Waals surface area contributed by atoms with Crippen LogP contribution < -0.4 is 10.1 Å². The summed E-state index contributed by atoms with van der Waals surface area (Å²) in [6.45, 7) is 1.55. The maximum absolute atomic E-state index is 12.8. The molecule has 29 heavy (non-hydrogen) atoms. The summed E-state index contributed by atoms with van der Waals surface area (Å²) in [5, 5.41) is 2.89. The van der Waals surface area contributed by atoms with Gasteiger partial charge >= 0.3 is 0 Å². The Kier molecular flexibility index (Phi) is 5.56. The zero-order valence-corrected chi connectivity index (χ0v) is 16.0. The van der Waals surface area contributed by atoms with E-state index in [0.717, 1.165) is 25.9 Å². The number of benzene rings is 3. The second kappa shape index (κ2) is 8.61. The molecule has 2 amide bonds. The molecule has 146 valence electrons. The van der Waals surface area contributed by atoms with Crippen LogP contribution in [0.4, 0.5) is 5.69 Å². The second-order valence-corrected chi connectivity index (χ2v) is 6.95. The molecular formula is C24H22N2O3. The molecule has 0 radical (unpaired) electrons. The van der Waals surface area contributed by atoms with Gasteiger partial charge in [0.2, 0.25) is 0 Å². The Hall–Kier alpha value is -3.60. The number of amides is 2.